The van der Waals surface area contributed by atoms with Crippen LogP contribution >= 0.6 is 0 Å². The van der Waals surface area contributed by atoms with E-state index in [0.29, 0.717) is 0 Å². The van der Waals surface area contributed by atoms with E-state index in [1.165, 1.54) is 13.8 Å². The molecule has 0 aliphatic heterocycles. The summed E-state index contributed by atoms with van der Waals surface area (Å²) in [6, 6.07) is 0. The predicted molar refractivity (Wildman–Crippen MR) is 59.5 cm³/mol. The van der Waals surface area contributed by atoms with Crippen LogP contribution in [0.25, 0.3) is 0 Å². The molecule has 0 aromatic carbocycles. The molecular weight excluding hydrogens is 287 g/mol. The molecule has 0 bridgehead atoms. The van der Waals surface area contributed by atoms with E-state index >= 15 is 0 Å². The molecule has 0 aliphatic rings. The quantitative estimate of drug-likeness (QED) is 0.506. The van der Waals surface area contributed by atoms with Crippen LogP contribution in [0.5, 0.6) is 0 Å². The Bertz CT molecular complexity index is 349. The molecule has 0 amide bonds. The van der Waals surface area contributed by atoms with Crippen molar-refractivity contribution in [3.05, 3.63) is 0 Å². The molecule has 0 heterocycles. The third-order valence-electron chi connectivity index (χ3n) is 1.63. The van der Waals surface area contributed by atoms with Crippen LogP contribution in [0.2, 0.25) is 0 Å². The van der Waals surface area contributed by atoms with Gasteiger partial charge in [-0.25, -0.2) is 0 Å². The van der Waals surface area contributed by atoms with Crippen LogP contribution in [-0.2, 0) is 25.0 Å². The van der Waals surface area contributed by atoms with Crippen molar-refractivity contribution in [3.8, 4) is 0 Å². The number of hydrogen-bond acceptors (Lipinski definition) is 5. The third-order valence-corrected chi connectivity index (χ3v) is 3.85. The Hall–Kier alpha value is 1.42. The predicted octanol–water partition coefficient (Wildman–Crippen LogP) is -0.398. The van der Waals surface area contributed by atoms with Crippen molar-refractivity contribution in [2.24, 2.45) is 0 Å². The molecule has 0 radical (unpaired) electrons. The van der Waals surface area contributed by atoms with E-state index in [1.54, 1.807) is 0 Å². The van der Waals surface area contributed by atoms with E-state index in [2.05, 4.69) is 4.74 Å². The van der Waals surface area contributed by atoms with Crippen LogP contribution in [0.3, 0.4) is 0 Å². The summed E-state index contributed by atoms with van der Waals surface area (Å²) >= 11 is 0. The first kappa shape index (κ1) is 19.7. The van der Waals surface area contributed by atoms with Gasteiger partial charge in [0.15, 0.2) is 10.9 Å². The molecule has 0 saturated heterocycles. The summed E-state index contributed by atoms with van der Waals surface area (Å²) in [5.41, 5.74) is -3.30. The molecule has 0 rings (SSSR count). The summed E-state index contributed by atoms with van der Waals surface area (Å²) in [7, 11) is -8.96. The minimum absolute atomic E-state index is 0. The molecule has 0 saturated carbocycles. The standard InChI is InChI=1S/C6H14O7S2.K.H/c1-3-5(14(7,8)9)13-6(4-2)15(10,11)12;;/h5-6H,3-4H2,1-2H3,(H,7,8,9)(H,10,11,12);;. The van der Waals surface area contributed by atoms with Crippen LogP contribution in [0.15, 0.2) is 0 Å². The van der Waals surface area contributed by atoms with E-state index < -0.39 is 31.1 Å². The van der Waals surface area contributed by atoms with Crippen molar-refractivity contribution in [1.82, 2.24) is 0 Å². The SMILES string of the molecule is CCC(OC(CC)S(=O)(=O)O)S(=O)(=O)O.[KH]. The van der Waals surface area contributed by atoms with Gasteiger partial charge in [0.05, 0.1) is 0 Å². The summed E-state index contributed by atoms with van der Waals surface area (Å²) in [5, 5.41) is 0. The van der Waals surface area contributed by atoms with E-state index in [0.717, 1.165) is 0 Å². The molecule has 0 spiro atoms. The number of rotatable bonds is 6. The van der Waals surface area contributed by atoms with Crippen molar-refractivity contribution in [1.29, 1.82) is 0 Å². The number of hydrogen-bond donors (Lipinski definition) is 2. The van der Waals surface area contributed by atoms with Gasteiger partial charge in [0.2, 0.25) is 0 Å². The Balaban J connectivity index is 0. The molecular formula is C6H15KO7S2. The maximum absolute atomic E-state index is 10.7. The van der Waals surface area contributed by atoms with Gasteiger partial charge in [0.25, 0.3) is 20.2 Å². The zero-order valence-electron chi connectivity index (χ0n) is 8.32. The Labute approximate surface area is 138 Å². The first-order valence-corrected chi connectivity index (χ1v) is 7.21. The Kier molecular flexibility index (Phi) is 9.58. The molecule has 0 aliphatic carbocycles. The van der Waals surface area contributed by atoms with Gasteiger partial charge in [-0.05, 0) is 12.8 Å². The molecule has 2 atom stereocenters. The number of ether oxygens (including phenoxy) is 1. The van der Waals surface area contributed by atoms with Gasteiger partial charge in [-0.15, -0.1) is 0 Å². The van der Waals surface area contributed by atoms with Crippen LogP contribution in [0.4, 0.5) is 0 Å². The van der Waals surface area contributed by atoms with E-state index in [9.17, 15) is 16.8 Å². The average molecular weight is 302 g/mol. The average Bonchev–Trinajstić information content (AvgIpc) is 2.01. The first-order chi connectivity index (χ1) is 6.62. The summed E-state index contributed by atoms with van der Waals surface area (Å²) in [5.74, 6) is 0. The zero-order valence-corrected chi connectivity index (χ0v) is 9.95. The monoisotopic (exact) mass is 302 g/mol. The van der Waals surface area contributed by atoms with Gasteiger partial charge in [-0.1, -0.05) is 13.8 Å². The fourth-order valence-electron chi connectivity index (χ4n) is 0.923. The van der Waals surface area contributed by atoms with Gasteiger partial charge in [-0.3, -0.25) is 9.11 Å². The van der Waals surface area contributed by atoms with E-state index in [1.807, 2.05) is 0 Å². The summed E-state index contributed by atoms with van der Waals surface area (Å²) in [4.78, 5) is 0. The molecule has 2 unspecified atom stereocenters. The second-order valence-corrected chi connectivity index (χ2v) is 5.95. The Morgan fingerprint density at radius 2 is 1.19 bits per heavy atom. The molecule has 2 N–H and O–H groups in total. The van der Waals surface area contributed by atoms with Gasteiger partial charge in [0, 0.05) is 0 Å². The third kappa shape index (κ3) is 6.99. The van der Waals surface area contributed by atoms with Crippen LogP contribution in [0.1, 0.15) is 26.7 Å². The first-order valence-electron chi connectivity index (χ1n) is 4.21. The van der Waals surface area contributed by atoms with Crippen molar-refractivity contribution in [3.63, 3.8) is 0 Å². The van der Waals surface area contributed by atoms with Crippen molar-refractivity contribution in [2.45, 2.75) is 37.6 Å². The fraction of sp³-hybridized carbons (Fsp3) is 1.00. The van der Waals surface area contributed by atoms with Crippen molar-refractivity contribution in [2.75, 3.05) is 0 Å². The van der Waals surface area contributed by atoms with E-state index in [4.69, 9.17) is 9.11 Å². The van der Waals surface area contributed by atoms with Gasteiger partial charge >= 0.3 is 51.4 Å². The van der Waals surface area contributed by atoms with Gasteiger partial charge < -0.3 is 4.74 Å². The zero-order chi connectivity index (χ0) is 12.3. The maximum atomic E-state index is 10.7. The van der Waals surface area contributed by atoms with Gasteiger partial charge in [-0.2, -0.15) is 16.8 Å². The van der Waals surface area contributed by atoms with Crippen LogP contribution in [0, 0.1) is 0 Å². The Morgan fingerprint density at radius 3 is 1.31 bits per heavy atom. The second-order valence-electron chi connectivity index (χ2n) is 2.84. The molecule has 0 fully saturated rings. The van der Waals surface area contributed by atoms with Crippen LogP contribution < -0.4 is 0 Å². The fourth-order valence-corrected chi connectivity index (χ4v) is 2.39. The van der Waals surface area contributed by atoms with Crippen LogP contribution in [-0.4, -0.2) is 88.2 Å². The summed E-state index contributed by atoms with van der Waals surface area (Å²) in [6.45, 7) is 2.80. The van der Waals surface area contributed by atoms with Gasteiger partial charge in [0.1, 0.15) is 0 Å². The van der Waals surface area contributed by atoms with Crippen molar-refractivity contribution >= 4 is 71.6 Å². The molecule has 94 valence electrons. The summed E-state index contributed by atoms with van der Waals surface area (Å²) < 4.78 is 64.7. The molecule has 0 aromatic heterocycles. The normalized spacial score (nSPS) is 16.2. The summed E-state index contributed by atoms with van der Waals surface area (Å²) in [6.07, 6.45) is -0.240. The molecule has 16 heavy (non-hydrogen) atoms. The topological polar surface area (TPSA) is 118 Å². The molecule has 0 aromatic rings. The van der Waals surface area contributed by atoms with Crippen molar-refractivity contribution < 1.29 is 30.7 Å². The molecule has 10 heteroatoms. The molecule has 7 nitrogen and oxygen atoms in total. The minimum atomic E-state index is -4.48. The Morgan fingerprint density at radius 1 is 0.938 bits per heavy atom. The second kappa shape index (κ2) is 7.76. The van der Waals surface area contributed by atoms with E-state index in [-0.39, 0.29) is 64.2 Å².